The first-order chi connectivity index (χ1) is 12.9. The van der Waals surface area contributed by atoms with E-state index < -0.39 is 5.92 Å². The average molecular weight is 402 g/mol. The van der Waals surface area contributed by atoms with Crippen molar-refractivity contribution in [2.75, 3.05) is 0 Å². The Hall–Kier alpha value is -2.60. The van der Waals surface area contributed by atoms with E-state index in [0.29, 0.717) is 18.4 Å². The number of aliphatic hydroxyl groups excluding tert-OH is 2. The van der Waals surface area contributed by atoms with E-state index >= 15 is 0 Å². The van der Waals surface area contributed by atoms with Gasteiger partial charge in [0.05, 0.1) is 0 Å². The van der Waals surface area contributed by atoms with Crippen molar-refractivity contribution in [1.29, 1.82) is 0 Å². The topological polar surface area (TPSA) is 126 Å². The molecule has 2 aliphatic rings. The van der Waals surface area contributed by atoms with E-state index in [0.717, 1.165) is 0 Å². The molecule has 158 valence electrons. The van der Waals surface area contributed by atoms with Gasteiger partial charge in [-0.15, -0.1) is 0 Å². The van der Waals surface area contributed by atoms with Crippen LogP contribution in [-0.2, 0) is 9.59 Å². The van der Waals surface area contributed by atoms with Crippen LogP contribution in [0.2, 0.25) is 0 Å². The number of carbonyl (C=O) groups is 2. The van der Waals surface area contributed by atoms with Crippen LogP contribution in [0, 0.1) is 10.8 Å². The number of aromatic hydroxyl groups is 1. The highest BCUT2D eigenvalue weighted by molar-refractivity contribution is 6.05. The summed E-state index contributed by atoms with van der Waals surface area (Å²) >= 11 is 0. The van der Waals surface area contributed by atoms with E-state index in [4.69, 9.17) is 0 Å². The first kappa shape index (κ1) is 22.7. The lowest BCUT2D eigenvalue weighted by Crippen LogP contribution is -2.33. The lowest BCUT2D eigenvalue weighted by Gasteiger charge is -2.36. The summed E-state index contributed by atoms with van der Waals surface area (Å²) in [6.07, 6.45) is 1.12. The molecule has 2 aliphatic carbocycles. The third-order valence-corrected chi connectivity index (χ3v) is 5.57. The van der Waals surface area contributed by atoms with Gasteiger partial charge in [-0.1, -0.05) is 39.8 Å². The van der Waals surface area contributed by atoms with Crippen LogP contribution in [0.5, 0.6) is 5.75 Å². The molecule has 5 N–H and O–H groups in total. The number of rotatable bonds is 3. The first-order valence-electron chi connectivity index (χ1n) is 9.59. The second kappa shape index (κ2) is 7.67. The van der Waals surface area contributed by atoms with Gasteiger partial charge in [-0.05, 0) is 28.5 Å². The molecule has 6 heteroatoms. The summed E-state index contributed by atoms with van der Waals surface area (Å²) in [4.78, 5) is 26.0. The third-order valence-electron chi connectivity index (χ3n) is 5.57. The van der Waals surface area contributed by atoms with Crippen LogP contribution >= 0.6 is 0 Å². The highest BCUT2D eigenvalue weighted by Gasteiger charge is 2.43. The minimum atomic E-state index is -0.890. The van der Waals surface area contributed by atoms with E-state index in [1.54, 1.807) is 12.1 Å². The van der Waals surface area contributed by atoms with Gasteiger partial charge < -0.3 is 20.8 Å². The number of hydrogen-bond acceptors (Lipinski definition) is 5. The molecule has 0 spiro atoms. The van der Waals surface area contributed by atoms with Crippen LogP contribution in [0.15, 0.2) is 46.9 Å². The van der Waals surface area contributed by atoms with Crippen molar-refractivity contribution in [3.63, 3.8) is 0 Å². The molecule has 29 heavy (non-hydrogen) atoms. The Bertz CT molecular complexity index is 852. The van der Waals surface area contributed by atoms with Crippen LogP contribution in [0.25, 0.3) is 0 Å². The van der Waals surface area contributed by atoms with Crippen LogP contribution < -0.4 is 0 Å². The number of aliphatic hydroxyl groups is 2. The smallest absolute Gasteiger partial charge is 0.163 e. The van der Waals surface area contributed by atoms with Crippen LogP contribution in [0.4, 0.5) is 0 Å². The zero-order valence-electron chi connectivity index (χ0n) is 17.4. The number of allylic oxidation sites excluding steroid dienone is 4. The molecule has 0 aromatic heterocycles. The number of Topliss-reactive ketones (excluding diaryl/α,β-unsaturated/α-hetero) is 2. The van der Waals surface area contributed by atoms with Crippen LogP contribution in [0.1, 0.15) is 64.9 Å². The van der Waals surface area contributed by atoms with E-state index in [9.17, 15) is 24.9 Å². The van der Waals surface area contributed by atoms with Gasteiger partial charge in [0.2, 0.25) is 0 Å². The molecular weight excluding hydrogens is 372 g/mol. The van der Waals surface area contributed by atoms with Gasteiger partial charge >= 0.3 is 0 Å². The molecule has 0 saturated heterocycles. The van der Waals surface area contributed by atoms with Gasteiger partial charge in [-0.25, -0.2) is 0 Å². The van der Waals surface area contributed by atoms with Gasteiger partial charge in [0.15, 0.2) is 11.6 Å². The molecule has 3 rings (SSSR count). The number of benzene rings is 1. The Kier molecular flexibility index (Phi) is 6.00. The molecule has 1 aromatic carbocycles. The summed E-state index contributed by atoms with van der Waals surface area (Å²) in [5.41, 5.74) is 0.0646. The minimum Gasteiger partial charge on any atom is -0.512 e. The number of ketones is 2. The van der Waals surface area contributed by atoms with Crippen LogP contribution in [0.3, 0.4) is 0 Å². The number of phenols is 1. The highest BCUT2D eigenvalue weighted by atomic mass is 16.3. The normalized spacial score (nSPS) is 21.4. The second-order valence-electron chi connectivity index (χ2n) is 9.63. The van der Waals surface area contributed by atoms with Crippen molar-refractivity contribution in [2.24, 2.45) is 10.8 Å². The summed E-state index contributed by atoms with van der Waals surface area (Å²) < 4.78 is 0. The fourth-order valence-electron chi connectivity index (χ4n) is 4.44. The third kappa shape index (κ3) is 4.53. The van der Waals surface area contributed by atoms with Gasteiger partial charge in [0.1, 0.15) is 17.3 Å². The predicted molar refractivity (Wildman–Crippen MR) is 110 cm³/mol. The fraction of sp³-hybridized carbons (Fsp3) is 0.478. The Labute approximate surface area is 170 Å². The molecule has 0 amide bonds. The fourth-order valence-corrected chi connectivity index (χ4v) is 4.44. The summed E-state index contributed by atoms with van der Waals surface area (Å²) in [6, 6.07) is 6.30. The monoisotopic (exact) mass is 402 g/mol. The van der Waals surface area contributed by atoms with Crippen molar-refractivity contribution >= 4 is 11.6 Å². The predicted octanol–water partition coefficient (Wildman–Crippen LogP) is 4.05. The summed E-state index contributed by atoms with van der Waals surface area (Å²) in [6.45, 7) is 7.64. The van der Waals surface area contributed by atoms with Crippen molar-refractivity contribution in [3.05, 3.63) is 52.5 Å². The molecular formula is C23H30O6. The van der Waals surface area contributed by atoms with Crippen molar-refractivity contribution in [1.82, 2.24) is 0 Å². The van der Waals surface area contributed by atoms with E-state index in [-0.39, 0.29) is 69.1 Å². The molecule has 0 atom stereocenters. The standard InChI is InChI=1S/C23H28O5.H2O/c1-22(2)9-15(25)20(16(26)10-22)19(13-6-5-7-14(24)8-13)21-17(27)11-23(3,4)12-18(21)28;/h5-8,19,24-25,27H,9-12H2,1-4H3;1H2. The number of phenolic OH excluding ortho intramolecular Hbond substituents is 1. The number of hydrogen-bond donors (Lipinski definition) is 3. The SMILES string of the molecule is CC1(C)CC(=O)C(C(C2=C(O)CC(C)(C)CC2=O)c2cccc(O)c2)=C(O)C1.O. The number of carbonyl (C=O) groups excluding carboxylic acids is 2. The Morgan fingerprint density at radius 1 is 0.793 bits per heavy atom. The first-order valence-corrected chi connectivity index (χ1v) is 9.59. The molecule has 0 saturated carbocycles. The average Bonchev–Trinajstić information content (AvgIpc) is 2.49. The van der Waals surface area contributed by atoms with Crippen molar-refractivity contribution in [2.45, 2.75) is 59.3 Å². The van der Waals surface area contributed by atoms with E-state index in [2.05, 4.69) is 0 Å². The summed E-state index contributed by atoms with van der Waals surface area (Å²) in [5.74, 6) is -1.46. The van der Waals surface area contributed by atoms with Gasteiger partial charge in [0, 0.05) is 42.7 Å². The molecule has 0 fully saturated rings. The van der Waals surface area contributed by atoms with Gasteiger partial charge in [-0.3, -0.25) is 9.59 Å². The molecule has 0 radical (unpaired) electrons. The zero-order chi connectivity index (χ0) is 20.9. The molecule has 0 heterocycles. The molecule has 0 bridgehead atoms. The van der Waals surface area contributed by atoms with Gasteiger partial charge in [-0.2, -0.15) is 0 Å². The maximum absolute atomic E-state index is 13.0. The summed E-state index contributed by atoms with van der Waals surface area (Å²) in [7, 11) is 0. The maximum Gasteiger partial charge on any atom is 0.163 e. The van der Waals surface area contributed by atoms with Crippen molar-refractivity contribution in [3.8, 4) is 5.75 Å². The summed E-state index contributed by atoms with van der Waals surface area (Å²) in [5, 5.41) is 31.5. The Balaban J connectivity index is 0.00000300. The minimum absolute atomic E-state index is 0. The Morgan fingerprint density at radius 2 is 1.24 bits per heavy atom. The Morgan fingerprint density at radius 3 is 1.62 bits per heavy atom. The van der Waals surface area contributed by atoms with E-state index in [1.165, 1.54) is 12.1 Å². The maximum atomic E-state index is 13.0. The van der Waals surface area contributed by atoms with E-state index in [1.807, 2.05) is 27.7 Å². The molecule has 6 nitrogen and oxygen atoms in total. The van der Waals surface area contributed by atoms with Gasteiger partial charge in [0.25, 0.3) is 0 Å². The molecule has 1 aromatic rings. The zero-order valence-corrected chi connectivity index (χ0v) is 17.4. The molecule has 0 aliphatic heterocycles. The van der Waals surface area contributed by atoms with Crippen LogP contribution in [-0.4, -0.2) is 32.4 Å². The largest absolute Gasteiger partial charge is 0.512 e. The van der Waals surface area contributed by atoms with Crippen molar-refractivity contribution < 1.29 is 30.4 Å². The highest BCUT2D eigenvalue weighted by Crippen LogP contribution is 2.48. The lowest BCUT2D eigenvalue weighted by molar-refractivity contribution is -0.119. The quantitative estimate of drug-likeness (QED) is 0.703. The lowest BCUT2D eigenvalue weighted by atomic mass is 9.67. The molecule has 0 unspecified atom stereocenters. The second-order valence-corrected chi connectivity index (χ2v) is 9.63.